The van der Waals surface area contributed by atoms with E-state index in [1.165, 1.54) is 12.3 Å². The Morgan fingerprint density at radius 3 is 2.58 bits per heavy atom. The molecular formula is C33H28FN9. The number of hydrogen-bond donors (Lipinski definition) is 4. The van der Waals surface area contributed by atoms with Crippen LogP contribution in [0.5, 0.6) is 0 Å². The number of halogens is 1. The minimum Gasteiger partial charge on any atom is -0.377 e. The number of benzene rings is 3. The summed E-state index contributed by atoms with van der Waals surface area (Å²) in [5, 5.41) is 37.7. The van der Waals surface area contributed by atoms with Crippen molar-refractivity contribution < 1.29 is 5.76 Å². The van der Waals surface area contributed by atoms with Crippen molar-refractivity contribution in [2.45, 2.75) is 43.8 Å². The first-order valence-electron chi connectivity index (χ1n) is 14.5. The van der Waals surface area contributed by atoms with Crippen LogP contribution in [0.2, 0.25) is 0 Å². The van der Waals surface area contributed by atoms with Crippen molar-refractivity contribution in [1.82, 2.24) is 21.0 Å². The van der Waals surface area contributed by atoms with Crippen molar-refractivity contribution >= 4 is 22.3 Å². The molecule has 0 unspecified atom stereocenters. The van der Waals surface area contributed by atoms with E-state index in [9.17, 15) is 17.2 Å². The maximum Gasteiger partial charge on any atom is 0.151 e. The SMILES string of the molecule is [2H][C@](Nc1cc(F)c2ncc(C#N)c(N[C@@H](CCC#N)c3ccccc3)c2c1)(C1=CN(C2CC2)NN1)c1cccc(C#N)c1. The van der Waals surface area contributed by atoms with Crippen molar-refractivity contribution in [3.63, 3.8) is 0 Å². The summed E-state index contributed by atoms with van der Waals surface area (Å²) in [5.41, 5.74) is 9.34. The van der Waals surface area contributed by atoms with Crippen LogP contribution in [-0.4, -0.2) is 16.0 Å². The molecule has 4 N–H and O–H groups in total. The van der Waals surface area contributed by atoms with E-state index < -0.39 is 11.8 Å². The fraction of sp³-hybridized carbons (Fsp3) is 0.212. The van der Waals surface area contributed by atoms with Crippen LogP contribution < -0.4 is 21.6 Å². The molecule has 2 aliphatic rings. The van der Waals surface area contributed by atoms with Gasteiger partial charge in [0, 0.05) is 35.9 Å². The monoisotopic (exact) mass is 570 g/mol. The largest absolute Gasteiger partial charge is 0.377 e. The third-order valence-electron chi connectivity index (χ3n) is 7.46. The lowest BCUT2D eigenvalue weighted by atomic mass is 9.99. The Kier molecular flexibility index (Phi) is 7.38. The molecule has 1 aromatic heterocycles. The van der Waals surface area contributed by atoms with Gasteiger partial charge in [0.1, 0.15) is 11.6 Å². The predicted molar refractivity (Wildman–Crippen MR) is 161 cm³/mol. The second-order valence-electron chi connectivity index (χ2n) is 10.4. The summed E-state index contributed by atoms with van der Waals surface area (Å²) in [4.78, 5) is 4.25. The molecule has 10 heteroatoms. The van der Waals surface area contributed by atoms with Gasteiger partial charge in [-0.05, 0) is 54.7 Å². The molecule has 4 aromatic rings. The number of nitrogens with zero attached hydrogens (tertiary/aromatic N) is 5. The fourth-order valence-corrected chi connectivity index (χ4v) is 5.15. The van der Waals surface area contributed by atoms with Gasteiger partial charge in [-0.25, -0.2) is 4.39 Å². The smallest absolute Gasteiger partial charge is 0.151 e. The quantitative estimate of drug-likeness (QED) is 0.179. The topological polar surface area (TPSA) is 136 Å². The van der Waals surface area contributed by atoms with Crippen LogP contribution in [-0.2, 0) is 0 Å². The summed E-state index contributed by atoms with van der Waals surface area (Å²) in [6, 6.07) is 24.0. The van der Waals surface area contributed by atoms with Crippen molar-refractivity contribution in [3.05, 3.63) is 113 Å². The minimum absolute atomic E-state index is 0.0611. The molecule has 212 valence electrons. The standard InChI is InChI=1S/C33H28FN9/c34-28-16-25(39-32(23-9-4-6-21(14-23)17-36)30-20-43(42-41-30)26-11-12-26)15-27-31(24(18-37)19-38-33(27)28)40-29(10-5-13-35)22-7-2-1-3-8-22/h1-4,6-9,14-16,19-20,26,29,32,39,41-42H,5,10-12H2,(H,38,40)/t29-,32+/m0/s1/i32D. The zero-order chi connectivity index (χ0) is 30.7. The average molecular weight is 571 g/mol. The Balaban J connectivity index is 1.45. The van der Waals surface area contributed by atoms with Crippen molar-refractivity contribution in [2.24, 2.45) is 0 Å². The molecule has 3 aromatic carbocycles. The lowest BCUT2D eigenvalue weighted by Crippen LogP contribution is -2.38. The Morgan fingerprint density at radius 2 is 1.84 bits per heavy atom. The number of nitriles is 3. The third-order valence-corrected chi connectivity index (χ3v) is 7.46. The van der Waals surface area contributed by atoms with Gasteiger partial charge in [0.25, 0.3) is 0 Å². The predicted octanol–water partition coefficient (Wildman–Crippen LogP) is 6.06. The van der Waals surface area contributed by atoms with E-state index in [4.69, 9.17) is 0 Å². The zero-order valence-corrected chi connectivity index (χ0v) is 23.1. The van der Waals surface area contributed by atoms with Gasteiger partial charge >= 0.3 is 0 Å². The number of rotatable bonds is 10. The van der Waals surface area contributed by atoms with Gasteiger partial charge in [-0.3, -0.25) is 9.99 Å². The molecule has 9 nitrogen and oxygen atoms in total. The molecule has 0 spiro atoms. The third kappa shape index (κ3) is 5.90. The maximum absolute atomic E-state index is 15.8. The summed E-state index contributed by atoms with van der Waals surface area (Å²) in [6.07, 6.45) is 5.94. The first kappa shape index (κ1) is 26.3. The van der Waals surface area contributed by atoms with Gasteiger partial charge in [-0.2, -0.15) is 15.8 Å². The second kappa shape index (κ2) is 12.1. The normalized spacial score (nSPS) is 16.5. The van der Waals surface area contributed by atoms with Crippen LogP contribution in [0, 0.1) is 39.8 Å². The Hall–Kier alpha value is -5.63. The average Bonchev–Trinajstić information content (AvgIpc) is 3.78. The molecule has 0 saturated heterocycles. The molecule has 1 aliphatic heterocycles. The van der Waals surface area contributed by atoms with Gasteiger partial charge in [-0.1, -0.05) is 42.5 Å². The lowest BCUT2D eigenvalue weighted by Gasteiger charge is -2.24. The number of fused-ring (bicyclic) bond motifs is 1. The minimum atomic E-state index is -1.66. The molecule has 0 radical (unpaired) electrons. The highest BCUT2D eigenvalue weighted by Crippen LogP contribution is 2.36. The first-order valence-corrected chi connectivity index (χ1v) is 14.0. The molecule has 0 bridgehead atoms. The summed E-state index contributed by atoms with van der Waals surface area (Å²) in [6.45, 7) is 0. The highest BCUT2D eigenvalue weighted by Gasteiger charge is 2.32. The maximum atomic E-state index is 15.8. The Labute approximate surface area is 250 Å². The molecule has 43 heavy (non-hydrogen) atoms. The molecular weight excluding hydrogens is 541 g/mol. The van der Waals surface area contributed by atoms with Crippen molar-refractivity contribution in [2.75, 3.05) is 10.6 Å². The first-order chi connectivity index (χ1) is 21.4. The van der Waals surface area contributed by atoms with Gasteiger partial charge in [-0.15, -0.1) is 5.53 Å². The fourth-order valence-electron chi connectivity index (χ4n) is 5.15. The summed E-state index contributed by atoms with van der Waals surface area (Å²) in [7, 11) is 0. The molecule has 1 aliphatic carbocycles. The Bertz CT molecular complexity index is 1870. The van der Waals surface area contributed by atoms with Crippen LogP contribution in [0.4, 0.5) is 15.8 Å². The van der Waals surface area contributed by atoms with Crippen LogP contribution in [0.3, 0.4) is 0 Å². The summed E-state index contributed by atoms with van der Waals surface area (Å²) >= 11 is 0. The van der Waals surface area contributed by atoms with Gasteiger partial charge in [0.15, 0.2) is 5.82 Å². The molecule has 1 saturated carbocycles. The zero-order valence-electron chi connectivity index (χ0n) is 24.1. The number of hydrazine groups is 2. The van der Waals surface area contributed by atoms with E-state index in [1.54, 1.807) is 30.3 Å². The summed E-state index contributed by atoms with van der Waals surface area (Å²) < 4.78 is 25.4. The molecule has 2 heterocycles. The number of hydrogen-bond acceptors (Lipinski definition) is 9. The van der Waals surface area contributed by atoms with E-state index in [0.29, 0.717) is 40.4 Å². The highest BCUT2D eigenvalue weighted by atomic mass is 19.1. The van der Waals surface area contributed by atoms with E-state index in [0.717, 1.165) is 18.4 Å². The highest BCUT2D eigenvalue weighted by molar-refractivity contribution is 5.96. The van der Waals surface area contributed by atoms with Gasteiger partial charge < -0.3 is 16.1 Å². The van der Waals surface area contributed by atoms with Gasteiger partial charge in [0.05, 0.1) is 48.1 Å². The number of nitrogens with one attached hydrogen (secondary N) is 4. The van der Waals surface area contributed by atoms with Gasteiger partial charge in [0.2, 0.25) is 0 Å². The van der Waals surface area contributed by atoms with Crippen molar-refractivity contribution in [1.29, 1.82) is 15.8 Å². The Morgan fingerprint density at radius 1 is 1.02 bits per heavy atom. The molecule has 1 fully saturated rings. The number of anilines is 2. The van der Waals surface area contributed by atoms with Crippen LogP contribution >= 0.6 is 0 Å². The lowest BCUT2D eigenvalue weighted by molar-refractivity contribution is 0.260. The van der Waals surface area contributed by atoms with E-state index in [2.05, 4.69) is 44.8 Å². The second-order valence-corrected chi connectivity index (χ2v) is 10.4. The molecule has 6 rings (SSSR count). The van der Waals surface area contributed by atoms with E-state index in [-0.39, 0.29) is 29.2 Å². The summed E-state index contributed by atoms with van der Waals surface area (Å²) in [5.74, 6) is -0.634. The van der Waals surface area contributed by atoms with Crippen LogP contribution in [0.25, 0.3) is 10.9 Å². The van der Waals surface area contributed by atoms with Crippen LogP contribution in [0.1, 0.15) is 61.4 Å². The number of aromatic nitrogens is 1. The van der Waals surface area contributed by atoms with E-state index >= 15 is 4.39 Å². The molecule has 2 atom stereocenters. The number of pyridine rings is 1. The van der Waals surface area contributed by atoms with Crippen LogP contribution in [0.15, 0.2) is 84.8 Å². The molecule has 0 amide bonds. The van der Waals surface area contributed by atoms with Crippen molar-refractivity contribution in [3.8, 4) is 18.2 Å². The van der Waals surface area contributed by atoms with E-state index in [1.807, 2.05) is 41.5 Å².